The van der Waals surface area contributed by atoms with E-state index in [4.69, 9.17) is 11.6 Å². The number of anilines is 1. The van der Waals surface area contributed by atoms with Gasteiger partial charge in [-0.05, 0) is 80.8 Å². The van der Waals surface area contributed by atoms with Gasteiger partial charge in [-0.15, -0.1) is 0 Å². The van der Waals surface area contributed by atoms with Crippen molar-refractivity contribution in [1.82, 2.24) is 34.8 Å². The first-order chi connectivity index (χ1) is 33.5. The Morgan fingerprint density at radius 3 is 2.18 bits per heavy atom. The molecule has 3 amide bonds. The third kappa shape index (κ3) is 11.1. The number of nitrogens with one attached hydrogen (secondary N) is 1. The molecule has 4 atom stereocenters. The number of benzene rings is 2. The summed E-state index contributed by atoms with van der Waals surface area (Å²) in [5.41, 5.74) is -5.90. The molecule has 2 N–H and O–H groups in total. The van der Waals surface area contributed by atoms with Crippen LogP contribution in [0.1, 0.15) is 79.5 Å². The Balaban J connectivity index is 1.49. The quantitative estimate of drug-likeness (QED) is 0.0818. The standard InChI is InChI=1S/C45H43ClF10N8O7S2/c1-7-26(65)19-61(4)41(67)64(73(6,70)71)40-35-31(46)11-10-28(37(35)63(60-40)21-43(49,50)51)27-9-8-25(12-13-42(2,3)72(5,68)69)57-36(27)32(16-22-14-23(47)17-24(48)15-22)58-33(66)20-62-39-34(38(59-62)45(54,55)56)29-18-30(29)44(39,52)53/h8-11,14-15,17,26,29-30,32,65H,7,16,18-21H2,1-6H3,(H,58,66)/t26-,29+,30-,32+/m1/s1. The van der Waals surface area contributed by atoms with Gasteiger partial charge in [0, 0.05) is 48.5 Å². The van der Waals surface area contributed by atoms with Gasteiger partial charge in [-0.3, -0.25) is 14.2 Å². The fraction of sp³-hybridized carbons (Fsp3) is 0.444. The summed E-state index contributed by atoms with van der Waals surface area (Å²) in [5, 5.41) is 19.0. The number of aliphatic hydroxyl groups excluding tert-OH is 1. The number of hydrogen-bond donors (Lipinski definition) is 2. The van der Waals surface area contributed by atoms with Crippen molar-refractivity contribution in [1.29, 1.82) is 0 Å². The molecule has 3 aromatic heterocycles. The predicted octanol–water partition coefficient (Wildman–Crippen LogP) is 7.88. The van der Waals surface area contributed by atoms with Crippen LogP contribution < -0.4 is 9.62 Å². The fourth-order valence-corrected chi connectivity index (χ4v) is 9.81. The molecule has 0 spiro atoms. The van der Waals surface area contributed by atoms with E-state index in [2.05, 4.69) is 32.3 Å². The number of hydrogen-bond acceptors (Lipinski definition) is 10. The van der Waals surface area contributed by atoms with Crippen LogP contribution in [0.3, 0.4) is 0 Å². The normalized spacial score (nSPS) is 17.3. The Morgan fingerprint density at radius 1 is 0.973 bits per heavy atom. The number of sulfone groups is 1. The third-order valence-corrected chi connectivity index (χ3v) is 15.6. The SMILES string of the molecule is CC[C@@H](O)CN(C)C(=O)N(c1nn(CC(F)(F)F)c2c(-c3ccc(C#CC(C)(C)S(C)(=O)=O)nc3[C@H](Cc3cc(F)cc(F)c3)NC(=O)Cn3nc(C(F)(F)F)c4c3C(F)(F)[C@@H]3C[C@H]43)ccc(Cl)c12)S(C)(=O)=O. The summed E-state index contributed by atoms with van der Waals surface area (Å²) < 4.78 is 198. The topological polar surface area (TPSA) is 190 Å². The number of aliphatic hydroxyl groups is 1. The Hall–Kier alpha value is -5.98. The summed E-state index contributed by atoms with van der Waals surface area (Å²) in [6.45, 7) is 0.289. The van der Waals surface area contributed by atoms with Crippen LogP contribution in [0.15, 0.2) is 42.5 Å². The average Bonchev–Trinajstić information content (AvgIpc) is 3.76. The molecule has 3 heterocycles. The zero-order valence-corrected chi connectivity index (χ0v) is 41.5. The molecule has 1 fully saturated rings. The van der Waals surface area contributed by atoms with Crippen LogP contribution in [0.25, 0.3) is 22.0 Å². The van der Waals surface area contributed by atoms with Gasteiger partial charge in [-0.25, -0.2) is 35.4 Å². The van der Waals surface area contributed by atoms with Crippen LogP contribution in [0.2, 0.25) is 5.02 Å². The van der Waals surface area contributed by atoms with E-state index in [0.717, 1.165) is 54.6 Å². The lowest BCUT2D eigenvalue weighted by Gasteiger charge is -2.26. The number of carbonyl (C=O) groups excluding carboxylic acids is 2. The molecule has 0 aliphatic heterocycles. The molecule has 0 unspecified atom stereocenters. The summed E-state index contributed by atoms with van der Waals surface area (Å²) in [4.78, 5) is 33.4. The lowest BCUT2D eigenvalue weighted by atomic mass is 9.93. The van der Waals surface area contributed by atoms with Crippen molar-refractivity contribution in [2.24, 2.45) is 5.92 Å². The minimum absolute atomic E-state index is 0.0619. The Labute approximate surface area is 415 Å². The van der Waals surface area contributed by atoms with Crippen LogP contribution in [-0.4, -0.2) is 106 Å². The van der Waals surface area contributed by atoms with E-state index in [1.807, 2.05) is 0 Å². The number of rotatable bonds is 14. The number of fused-ring (bicyclic) bond motifs is 4. The van der Waals surface area contributed by atoms with E-state index in [1.165, 1.54) is 13.8 Å². The monoisotopic (exact) mass is 1100 g/mol. The maximum Gasteiger partial charge on any atom is 0.435 e. The minimum atomic E-state index is -5.23. The first-order valence-corrected chi connectivity index (χ1v) is 25.9. The maximum absolute atomic E-state index is 15.6. The Kier molecular flexibility index (Phi) is 14.3. The van der Waals surface area contributed by atoms with Crippen LogP contribution >= 0.6 is 11.6 Å². The maximum atomic E-state index is 15.6. The van der Waals surface area contributed by atoms with Crippen LogP contribution in [-0.2, 0) is 56.3 Å². The van der Waals surface area contributed by atoms with Gasteiger partial charge in [0.15, 0.2) is 21.3 Å². The lowest BCUT2D eigenvalue weighted by molar-refractivity contribution is -0.143. The molecule has 0 saturated heterocycles. The summed E-state index contributed by atoms with van der Waals surface area (Å²) in [5.74, 6) is -6.01. The van der Waals surface area contributed by atoms with Gasteiger partial charge in [-0.1, -0.05) is 30.5 Å². The molecule has 2 aliphatic rings. The van der Waals surface area contributed by atoms with E-state index in [1.54, 1.807) is 6.92 Å². The van der Waals surface area contributed by atoms with Gasteiger partial charge in [0.2, 0.25) is 15.9 Å². The predicted molar refractivity (Wildman–Crippen MR) is 244 cm³/mol. The molecule has 73 heavy (non-hydrogen) atoms. The van der Waals surface area contributed by atoms with Gasteiger partial charge >= 0.3 is 18.4 Å². The van der Waals surface area contributed by atoms with E-state index in [9.17, 15) is 66.7 Å². The van der Waals surface area contributed by atoms with Crippen LogP contribution in [0.4, 0.5) is 54.5 Å². The summed E-state index contributed by atoms with van der Waals surface area (Å²) >= 11 is 6.66. The zero-order chi connectivity index (χ0) is 54.3. The highest BCUT2D eigenvalue weighted by molar-refractivity contribution is 7.93. The molecule has 1 saturated carbocycles. The van der Waals surface area contributed by atoms with Gasteiger partial charge in [0.1, 0.15) is 40.9 Å². The van der Waals surface area contributed by atoms with E-state index < -0.39 is 161 Å². The highest BCUT2D eigenvalue weighted by atomic mass is 35.5. The molecular weight excluding hydrogens is 1050 g/mol. The molecule has 394 valence electrons. The number of amides is 3. The molecule has 15 nitrogen and oxygen atoms in total. The Morgan fingerprint density at radius 2 is 1.60 bits per heavy atom. The minimum Gasteiger partial charge on any atom is -0.391 e. The zero-order valence-electron chi connectivity index (χ0n) is 39.1. The lowest BCUT2D eigenvalue weighted by Crippen LogP contribution is -2.47. The molecule has 0 bridgehead atoms. The highest BCUT2D eigenvalue weighted by Gasteiger charge is 2.68. The molecule has 5 aromatic rings. The van der Waals surface area contributed by atoms with Gasteiger partial charge in [0.25, 0.3) is 5.92 Å². The number of carbonyl (C=O) groups is 2. The number of aromatic nitrogens is 5. The molecule has 2 aromatic carbocycles. The molecular formula is C45H43ClF10N8O7S2. The summed E-state index contributed by atoms with van der Waals surface area (Å²) in [6.07, 6.45) is -11.0. The second kappa shape index (κ2) is 19.1. The smallest absolute Gasteiger partial charge is 0.391 e. The second-order valence-electron chi connectivity index (χ2n) is 18.3. The number of halogens is 11. The van der Waals surface area contributed by atoms with Gasteiger partial charge < -0.3 is 15.3 Å². The fourth-order valence-electron chi connectivity index (χ4n) is 8.47. The van der Waals surface area contributed by atoms with Crippen molar-refractivity contribution < 1.29 is 75.4 Å². The van der Waals surface area contributed by atoms with Crippen molar-refractivity contribution in [3.8, 4) is 23.0 Å². The molecule has 28 heteroatoms. The summed E-state index contributed by atoms with van der Waals surface area (Å²) in [6, 6.07) is 3.39. The van der Waals surface area contributed by atoms with E-state index in [0.29, 0.717) is 12.3 Å². The number of sulfonamides is 1. The van der Waals surface area contributed by atoms with Gasteiger partial charge in [0.05, 0.1) is 40.0 Å². The molecule has 7 rings (SSSR count). The van der Waals surface area contributed by atoms with Crippen molar-refractivity contribution in [3.05, 3.63) is 93.0 Å². The van der Waals surface area contributed by atoms with Crippen molar-refractivity contribution in [2.45, 2.75) is 94.2 Å². The average molecular weight is 1100 g/mol. The van der Waals surface area contributed by atoms with E-state index in [-0.39, 0.29) is 48.9 Å². The van der Waals surface area contributed by atoms with Crippen LogP contribution in [0.5, 0.6) is 0 Å². The Bertz CT molecular complexity index is 3330. The molecule has 0 radical (unpaired) electrons. The largest absolute Gasteiger partial charge is 0.435 e. The second-order valence-corrected chi connectivity index (χ2v) is 23.1. The number of urea groups is 1. The highest BCUT2D eigenvalue weighted by Crippen LogP contribution is 2.68. The van der Waals surface area contributed by atoms with Gasteiger partial charge in [-0.2, -0.15) is 49.6 Å². The van der Waals surface area contributed by atoms with E-state index >= 15 is 8.78 Å². The first kappa shape index (κ1) is 54.8. The third-order valence-electron chi connectivity index (χ3n) is 12.3. The summed E-state index contributed by atoms with van der Waals surface area (Å²) in [7, 11) is -7.64. The number of alkyl halides is 8. The first-order valence-electron chi connectivity index (χ1n) is 21.8. The number of pyridine rings is 1. The number of likely N-dealkylation sites (N-methyl/N-ethyl adjacent to an activating group) is 1. The number of nitrogens with zero attached hydrogens (tertiary/aromatic N) is 7. The van der Waals surface area contributed by atoms with Crippen molar-refractivity contribution in [3.63, 3.8) is 0 Å². The van der Waals surface area contributed by atoms with Crippen LogP contribution in [0, 0.1) is 29.4 Å². The van der Waals surface area contributed by atoms with Crippen molar-refractivity contribution >= 4 is 60.1 Å². The molecule has 2 aliphatic carbocycles. The van der Waals surface area contributed by atoms with Crippen molar-refractivity contribution in [2.75, 3.05) is 30.4 Å².